The molecule has 0 atom stereocenters. The average Bonchev–Trinajstić information content (AvgIpc) is 3.15. The fourth-order valence-corrected chi connectivity index (χ4v) is 3.88. The molecular formula is C26H29N5O3. The van der Waals surface area contributed by atoms with Crippen LogP contribution in [-0.2, 0) is 17.9 Å². The number of amides is 1. The Morgan fingerprint density at radius 3 is 2.32 bits per heavy atom. The Labute approximate surface area is 198 Å². The zero-order chi connectivity index (χ0) is 24.4. The molecule has 2 aromatic carbocycles. The van der Waals surface area contributed by atoms with E-state index in [1.165, 1.54) is 4.68 Å². The minimum absolute atomic E-state index is 0.101. The summed E-state index contributed by atoms with van der Waals surface area (Å²) in [5.41, 5.74) is 4.35. The van der Waals surface area contributed by atoms with Gasteiger partial charge in [0.25, 0.3) is 5.56 Å². The molecule has 4 aromatic rings. The largest absolute Gasteiger partial charge is 0.491 e. The van der Waals surface area contributed by atoms with Crippen molar-refractivity contribution in [2.45, 2.75) is 53.8 Å². The molecule has 0 spiro atoms. The Kier molecular flexibility index (Phi) is 6.49. The molecule has 0 aliphatic carbocycles. The molecule has 34 heavy (non-hydrogen) atoms. The van der Waals surface area contributed by atoms with Crippen LogP contribution in [0.4, 0.5) is 0 Å². The maximum Gasteiger partial charge on any atom is 0.295 e. The molecule has 0 unspecified atom stereocenters. The van der Waals surface area contributed by atoms with Gasteiger partial charge < -0.3 is 10.1 Å². The van der Waals surface area contributed by atoms with Crippen LogP contribution in [0, 0.1) is 20.8 Å². The van der Waals surface area contributed by atoms with Gasteiger partial charge in [-0.25, -0.2) is 9.36 Å². The van der Waals surface area contributed by atoms with Gasteiger partial charge in [-0.2, -0.15) is 10.2 Å². The second-order valence-corrected chi connectivity index (χ2v) is 8.69. The van der Waals surface area contributed by atoms with Crippen LogP contribution in [0.3, 0.4) is 0 Å². The summed E-state index contributed by atoms with van der Waals surface area (Å²) >= 11 is 0. The number of nitrogens with zero attached hydrogens (tertiary/aromatic N) is 4. The van der Waals surface area contributed by atoms with Crippen LogP contribution >= 0.6 is 0 Å². The number of carbonyl (C=O) groups excluding carboxylic acids is 1. The van der Waals surface area contributed by atoms with E-state index < -0.39 is 0 Å². The van der Waals surface area contributed by atoms with Gasteiger partial charge >= 0.3 is 0 Å². The lowest BCUT2D eigenvalue weighted by molar-refractivity contribution is -0.122. The summed E-state index contributed by atoms with van der Waals surface area (Å²) in [5.74, 6) is 0.482. The van der Waals surface area contributed by atoms with Gasteiger partial charge in [0, 0.05) is 6.54 Å². The highest BCUT2D eigenvalue weighted by molar-refractivity contribution is 5.83. The minimum Gasteiger partial charge on any atom is -0.491 e. The van der Waals surface area contributed by atoms with E-state index in [0.717, 1.165) is 28.3 Å². The highest BCUT2D eigenvalue weighted by atomic mass is 16.5. The van der Waals surface area contributed by atoms with E-state index in [-0.39, 0.29) is 24.1 Å². The predicted octanol–water partition coefficient (Wildman–Crippen LogP) is 3.61. The van der Waals surface area contributed by atoms with E-state index >= 15 is 0 Å². The summed E-state index contributed by atoms with van der Waals surface area (Å²) in [5, 5.41) is 12.5. The van der Waals surface area contributed by atoms with Crippen molar-refractivity contribution < 1.29 is 9.53 Å². The van der Waals surface area contributed by atoms with Crippen molar-refractivity contribution in [1.29, 1.82) is 0 Å². The first-order valence-electron chi connectivity index (χ1n) is 11.3. The van der Waals surface area contributed by atoms with Gasteiger partial charge in [-0.05, 0) is 64.4 Å². The number of nitrogens with one attached hydrogen (secondary N) is 1. The molecule has 8 nitrogen and oxygen atoms in total. The van der Waals surface area contributed by atoms with Crippen LogP contribution < -0.4 is 15.6 Å². The highest BCUT2D eigenvalue weighted by Crippen LogP contribution is 2.21. The van der Waals surface area contributed by atoms with Gasteiger partial charge in [-0.1, -0.05) is 29.8 Å². The number of carbonyl (C=O) groups is 1. The molecule has 0 aliphatic rings. The van der Waals surface area contributed by atoms with Gasteiger partial charge in [-0.3, -0.25) is 9.59 Å². The van der Waals surface area contributed by atoms with Crippen molar-refractivity contribution in [2.24, 2.45) is 0 Å². The molecular weight excluding hydrogens is 430 g/mol. The molecule has 0 radical (unpaired) electrons. The molecule has 4 rings (SSSR count). The molecule has 176 valence electrons. The molecule has 2 heterocycles. The molecule has 0 bridgehead atoms. The monoisotopic (exact) mass is 459 g/mol. The summed E-state index contributed by atoms with van der Waals surface area (Å²) in [7, 11) is 0. The molecule has 2 aromatic heterocycles. The first-order valence-corrected chi connectivity index (χ1v) is 11.3. The summed E-state index contributed by atoms with van der Waals surface area (Å²) < 4.78 is 8.56. The Hall–Kier alpha value is -3.94. The van der Waals surface area contributed by atoms with Crippen LogP contribution in [0.25, 0.3) is 16.6 Å². The molecule has 0 fully saturated rings. The fraction of sp³-hybridized carbons (Fsp3) is 0.308. The standard InChI is InChI=1S/C26H29N5O3/c1-16(2)34-22-12-8-20(9-13-22)14-27-23(32)15-30-26(33)25-24(18(4)28-30)19(5)31(29-25)21-10-6-17(3)7-11-21/h6-13,16H,14-15H2,1-5H3,(H,27,32). The summed E-state index contributed by atoms with van der Waals surface area (Å²) in [6.07, 6.45) is 0.101. The van der Waals surface area contributed by atoms with Crippen LogP contribution in [-0.4, -0.2) is 31.6 Å². The summed E-state index contributed by atoms with van der Waals surface area (Å²) in [4.78, 5) is 25.7. The number of hydrogen-bond donors (Lipinski definition) is 1. The van der Waals surface area contributed by atoms with Crippen molar-refractivity contribution in [3.8, 4) is 11.4 Å². The third-order valence-corrected chi connectivity index (χ3v) is 5.54. The number of rotatable bonds is 7. The Balaban J connectivity index is 1.52. The third-order valence-electron chi connectivity index (χ3n) is 5.54. The second-order valence-electron chi connectivity index (χ2n) is 8.69. The smallest absolute Gasteiger partial charge is 0.295 e. The van der Waals surface area contributed by atoms with Crippen LogP contribution in [0.5, 0.6) is 5.75 Å². The normalized spacial score (nSPS) is 11.2. The lowest BCUT2D eigenvalue weighted by Crippen LogP contribution is -2.34. The van der Waals surface area contributed by atoms with Crippen LogP contribution in [0.15, 0.2) is 53.3 Å². The van der Waals surface area contributed by atoms with Crippen molar-refractivity contribution >= 4 is 16.8 Å². The third kappa shape index (κ3) is 4.85. The van der Waals surface area contributed by atoms with Crippen LogP contribution in [0.2, 0.25) is 0 Å². The minimum atomic E-state index is -0.389. The van der Waals surface area contributed by atoms with E-state index in [2.05, 4.69) is 15.5 Å². The fourth-order valence-electron chi connectivity index (χ4n) is 3.88. The molecule has 0 aliphatic heterocycles. The van der Waals surface area contributed by atoms with E-state index in [1.807, 2.05) is 83.1 Å². The lowest BCUT2D eigenvalue weighted by Gasteiger charge is -2.11. The van der Waals surface area contributed by atoms with E-state index in [1.54, 1.807) is 4.68 Å². The maximum absolute atomic E-state index is 13.1. The number of hydrogen-bond acceptors (Lipinski definition) is 5. The zero-order valence-corrected chi connectivity index (χ0v) is 20.1. The first kappa shape index (κ1) is 23.2. The van der Waals surface area contributed by atoms with Gasteiger partial charge in [0.2, 0.25) is 5.91 Å². The van der Waals surface area contributed by atoms with Gasteiger partial charge in [-0.15, -0.1) is 0 Å². The number of benzene rings is 2. The number of aryl methyl sites for hydroxylation is 3. The van der Waals surface area contributed by atoms with E-state index in [0.29, 0.717) is 23.1 Å². The maximum atomic E-state index is 13.1. The van der Waals surface area contributed by atoms with Crippen molar-refractivity contribution in [3.63, 3.8) is 0 Å². The Bertz CT molecular complexity index is 1380. The van der Waals surface area contributed by atoms with Gasteiger partial charge in [0.15, 0.2) is 5.52 Å². The van der Waals surface area contributed by atoms with Gasteiger partial charge in [0.1, 0.15) is 12.3 Å². The number of aromatic nitrogens is 4. The molecule has 1 N–H and O–H groups in total. The van der Waals surface area contributed by atoms with E-state index in [9.17, 15) is 9.59 Å². The summed E-state index contributed by atoms with van der Waals surface area (Å²) in [6, 6.07) is 15.5. The number of ether oxygens (including phenoxy) is 1. The lowest BCUT2D eigenvalue weighted by atomic mass is 10.2. The second kappa shape index (κ2) is 9.51. The first-order chi connectivity index (χ1) is 16.2. The van der Waals surface area contributed by atoms with Crippen molar-refractivity contribution in [2.75, 3.05) is 0 Å². The Morgan fingerprint density at radius 1 is 1.00 bits per heavy atom. The molecule has 8 heteroatoms. The van der Waals surface area contributed by atoms with E-state index in [4.69, 9.17) is 4.74 Å². The van der Waals surface area contributed by atoms with Crippen LogP contribution in [0.1, 0.15) is 36.4 Å². The van der Waals surface area contributed by atoms with Crippen molar-refractivity contribution in [3.05, 3.63) is 81.4 Å². The topological polar surface area (TPSA) is 91.0 Å². The Morgan fingerprint density at radius 2 is 1.68 bits per heavy atom. The SMILES string of the molecule is Cc1ccc(-n2nc3c(=O)n(CC(=O)NCc4ccc(OC(C)C)cc4)nc(C)c3c2C)cc1. The van der Waals surface area contributed by atoms with Crippen molar-refractivity contribution in [1.82, 2.24) is 24.9 Å². The zero-order valence-electron chi connectivity index (χ0n) is 20.1. The molecule has 0 saturated carbocycles. The average molecular weight is 460 g/mol. The predicted molar refractivity (Wildman–Crippen MR) is 131 cm³/mol. The molecule has 0 saturated heterocycles. The highest BCUT2D eigenvalue weighted by Gasteiger charge is 2.18. The summed E-state index contributed by atoms with van der Waals surface area (Å²) in [6.45, 7) is 9.86. The molecule has 1 amide bonds. The quantitative estimate of drug-likeness (QED) is 0.456. The van der Waals surface area contributed by atoms with Gasteiger partial charge in [0.05, 0.1) is 28.6 Å². The number of fused-ring (bicyclic) bond motifs is 1.